The van der Waals surface area contributed by atoms with Gasteiger partial charge in [0.2, 0.25) is 0 Å². The van der Waals surface area contributed by atoms with Gasteiger partial charge in [-0.25, -0.2) is 0 Å². The molecule has 0 aliphatic heterocycles. The average molecular weight is 317 g/mol. The van der Waals surface area contributed by atoms with Crippen LogP contribution in [-0.2, 0) is 13.0 Å². The molecule has 3 nitrogen and oxygen atoms in total. The van der Waals surface area contributed by atoms with Crippen LogP contribution in [0.1, 0.15) is 27.9 Å². The topological polar surface area (TPSA) is 39.2 Å². The number of hydrogen-bond donors (Lipinski definition) is 0. The maximum Gasteiger partial charge on any atom is 0.164 e. The average Bonchev–Trinajstić information content (AvgIpc) is 2.66. The highest BCUT2D eigenvalue weighted by atomic mass is 16.5. The first-order chi connectivity index (χ1) is 11.8. The lowest BCUT2D eigenvalue weighted by Crippen LogP contribution is -2.02. The summed E-state index contributed by atoms with van der Waals surface area (Å²) in [7, 11) is 0. The van der Waals surface area contributed by atoms with Crippen molar-refractivity contribution < 1.29 is 9.53 Å². The number of carbonyl (C=O) groups excluding carboxylic acids is 1. The van der Waals surface area contributed by atoms with Gasteiger partial charge in [0.15, 0.2) is 5.78 Å². The van der Waals surface area contributed by atoms with Crippen LogP contribution in [0.3, 0.4) is 0 Å². The first kappa shape index (κ1) is 15.9. The Morgan fingerprint density at radius 2 is 1.75 bits per heavy atom. The predicted molar refractivity (Wildman–Crippen MR) is 94.1 cm³/mol. The largest absolute Gasteiger partial charge is 0.489 e. The van der Waals surface area contributed by atoms with E-state index in [0.717, 1.165) is 16.9 Å². The molecule has 0 fully saturated rings. The minimum atomic E-state index is 0.110. The standard InChI is InChI=1S/C21H19NO2/c23-21(19-9-5-13-22-15-19)12-11-17-8-4-10-20(14-17)24-16-18-6-2-1-3-7-18/h1-10,13-15H,11-12,16H2. The van der Waals surface area contributed by atoms with Gasteiger partial charge in [0.1, 0.15) is 12.4 Å². The molecule has 0 N–H and O–H groups in total. The maximum atomic E-state index is 12.1. The number of carbonyl (C=O) groups is 1. The van der Waals surface area contributed by atoms with Crippen LogP contribution in [0.25, 0.3) is 0 Å². The van der Waals surface area contributed by atoms with Gasteiger partial charge in [0, 0.05) is 24.4 Å². The summed E-state index contributed by atoms with van der Waals surface area (Å²) in [6.07, 6.45) is 4.44. The normalized spacial score (nSPS) is 10.3. The van der Waals surface area contributed by atoms with Crippen LogP contribution in [0, 0.1) is 0 Å². The molecule has 0 aliphatic carbocycles. The summed E-state index contributed by atoms with van der Waals surface area (Å²) in [6, 6.07) is 21.6. The van der Waals surface area contributed by atoms with Crippen LogP contribution in [0.2, 0.25) is 0 Å². The fraction of sp³-hybridized carbons (Fsp3) is 0.143. The van der Waals surface area contributed by atoms with Gasteiger partial charge in [0.25, 0.3) is 0 Å². The Bertz CT molecular complexity index is 785. The Hall–Kier alpha value is -2.94. The molecule has 3 aromatic rings. The second kappa shape index (κ2) is 8.06. The van der Waals surface area contributed by atoms with E-state index in [9.17, 15) is 4.79 Å². The van der Waals surface area contributed by atoms with E-state index in [0.29, 0.717) is 25.0 Å². The summed E-state index contributed by atoms with van der Waals surface area (Å²) in [4.78, 5) is 16.1. The first-order valence-electron chi connectivity index (χ1n) is 8.00. The second-order valence-corrected chi connectivity index (χ2v) is 5.59. The van der Waals surface area contributed by atoms with Crippen molar-refractivity contribution >= 4 is 5.78 Å². The summed E-state index contributed by atoms with van der Waals surface area (Å²) in [6.45, 7) is 0.541. The monoisotopic (exact) mass is 317 g/mol. The third-order valence-electron chi connectivity index (χ3n) is 3.77. The van der Waals surface area contributed by atoms with E-state index >= 15 is 0 Å². The summed E-state index contributed by atoms with van der Waals surface area (Å²) in [5.74, 6) is 0.934. The molecule has 0 aliphatic rings. The summed E-state index contributed by atoms with van der Waals surface area (Å²) in [5, 5.41) is 0. The van der Waals surface area contributed by atoms with Crippen molar-refractivity contribution in [2.24, 2.45) is 0 Å². The van der Waals surface area contributed by atoms with E-state index < -0.39 is 0 Å². The smallest absolute Gasteiger partial charge is 0.164 e. The molecule has 0 unspecified atom stereocenters. The second-order valence-electron chi connectivity index (χ2n) is 5.59. The van der Waals surface area contributed by atoms with E-state index in [-0.39, 0.29) is 5.78 Å². The molecule has 1 aromatic heterocycles. The molecule has 3 heteroatoms. The summed E-state index contributed by atoms with van der Waals surface area (Å²) < 4.78 is 5.83. The molecule has 120 valence electrons. The quantitative estimate of drug-likeness (QED) is 0.603. The molecule has 0 amide bonds. The fourth-order valence-corrected chi connectivity index (χ4v) is 2.46. The Kier molecular flexibility index (Phi) is 5.36. The number of nitrogens with zero attached hydrogens (tertiary/aromatic N) is 1. The third kappa shape index (κ3) is 4.53. The predicted octanol–water partition coefficient (Wildman–Crippen LogP) is 4.48. The zero-order chi connectivity index (χ0) is 16.6. The number of Topliss-reactive ketones (excluding diaryl/α,β-unsaturated/α-hetero) is 1. The van der Waals surface area contributed by atoms with Crippen LogP contribution in [0.15, 0.2) is 79.1 Å². The highest BCUT2D eigenvalue weighted by molar-refractivity contribution is 5.95. The molecule has 0 radical (unpaired) electrons. The highest BCUT2D eigenvalue weighted by Gasteiger charge is 2.06. The maximum absolute atomic E-state index is 12.1. The third-order valence-corrected chi connectivity index (χ3v) is 3.77. The van der Waals surface area contributed by atoms with Crippen molar-refractivity contribution in [2.45, 2.75) is 19.4 Å². The number of hydrogen-bond acceptors (Lipinski definition) is 3. The number of aromatic nitrogens is 1. The van der Waals surface area contributed by atoms with Crippen molar-refractivity contribution in [2.75, 3.05) is 0 Å². The van der Waals surface area contributed by atoms with Crippen molar-refractivity contribution in [3.05, 3.63) is 95.8 Å². The molecule has 0 spiro atoms. The lowest BCUT2D eigenvalue weighted by atomic mass is 10.0. The van der Waals surface area contributed by atoms with Gasteiger partial charge in [-0.3, -0.25) is 9.78 Å². The highest BCUT2D eigenvalue weighted by Crippen LogP contribution is 2.17. The van der Waals surface area contributed by atoms with E-state index in [1.165, 1.54) is 0 Å². The number of ether oxygens (including phenoxy) is 1. The molecule has 0 saturated heterocycles. The molecule has 3 rings (SSSR count). The lowest BCUT2D eigenvalue weighted by Gasteiger charge is -2.08. The van der Waals surface area contributed by atoms with E-state index in [2.05, 4.69) is 4.98 Å². The van der Waals surface area contributed by atoms with Crippen LogP contribution in [0.4, 0.5) is 0 Å². The molecular formula is C21H19NO2. The summed E-state index contributed by atoms with van der Waals surface area (Å²) in [5.41, 5.74) is 2.89. The van der Waals surface area contributed by atoms with E-state index in [1.807, 2.05) is 54.6 Å². The fourth-order valence-electron chi connectivity index (χ4n) is 2.46. The van der Waals surface area contributed by atoms with E-state index in [4.69, 9.17) is 4.74 Å². The number of ketones is 1. The van der Waals surface area contributed by atoms with Crippen LogP contribution >= 0.6 is 0 Å². The van der Waals surface area contributed by atoms with E-state index in [1.54, 1.807) is 24.5 Å². The minimum Gasteiger partial charge on any atom is -0.489 e. The van der Waals surface area contributed by atoms with Gasteiger partial charge in [-0.2, -0.15) is 0 Å². The Balaban J connectivity index is 1.56. The Morgan fingerprint density at radius 1 is 0.917 bits per heavy atom. The first-order valence-corrected chi connectivity index (χ1v) is 8.00. The molecule has 2 aromatic carbocycles. The van der Waals surface area contributed by atoms with Crippen molar-refractivity contribution in [1.82, 2.24) is 4.98 Å². The van der Waals surface area contributed by atoms with Crippen LogP contribution < -0.4 is 4.74 Å². The van der Waals surface area contributed by atoms with Gasteiger partial charge >= 0.3 is 0 Å². The van der Waals surface area contributed by atoms with Crippen LogP contribution in [0.5, 0.6) is 5.75 Å². The molecule has 0 bridgehead atoms. The zero-order valence-electron chi connectivity index (χ0n) is 13.4. The number of pyridine rings is 1. The van der Waals surface area contributed by atoms with Crippen LogP contribution in [-0.4, -0.2) is 10.8 Å². The number of benzene rings is 2. The van der Waals surface area contributed by atoms with Gasteiger partial charge in [-0.05, 0) is 41.8 Å². The number of rotatable bonds is 7. The minimum absolute atomic E-state index is 0.110. The number of aryl methyl sites for hydroxylation is 1. The molecule has 24 heavy (non-hydrogen) atoms. The molecule has 0 atom stereocenters. The van der Waals surface area contributed by atoms with Gasteiger partial charge < -0.3 is 4.74 Å². The van der Waals surface area contributed by atoms with Crippen molar-refractivity contribution in [1.29, 1.82) is 0 Å². The van der Waals surface area contributed by atoms with Gasteiger partial charge in [-0.15, -0.1) is 0 Å². The van der Waals surface area contributed by atoms with Gasteiger partial charge in [-0.1, -0.05) is 42.5 Å². The Morgan fingerprint density at radius 3 is 2.54 bits per heavy atom. The van der Waals surface area contributed by atoms with Crippen molar-refractivity contribution in [3.8, 4) is 5.75 Å². The zero-order valence-corrected chi connectivity index (χ0v) is 13.4. The van der Waals surface area contributed by atoms with Crippen molar-refractivity contribution in [3.63, 3.8) is 0 Å². The van der Waals surface area contributed by atoms with Gasteiger partial charge in [0.05, 0.1) is 0 Å². The molecule has 1 heterocycles. The molecule has 0 saturated carbocycles. The lowest BCUT2D eigenvalue weighted by molar-refractivity contribution is 0.0982. The SMILES string of the molecule is O=C(CCc1cccc(OCc2ccccc2)c1)c1cccnc1. The Labute approximate surface area is 142 Å². The molecular weight excluding hydrogens is 298 g/mol. The summed E-state index contributed by atoms with van der Waals surface area (Å²) >= 11 is 0.